The lowest BCUT2D eigenvalue weighted by Gasteiger charge is -2.11. The van der Waals surface area contributed by atoms with E-state index < -0.39 is 29.5 Å². The summed E-state index contributed by atoms with van der Waals surface area (Å²) < 4.78 is 44.5. The number of nitrogen functional groups attached to an aromatic ring is 1. The van der Waals surface area contributed by atoms with Crippen LogP contribution in [0.25, 0.3) is 0 Å². The number of pyridine rings is 1. The molecule has 0 saturated carbocycles. The van der Waals surface area contributed by atoms with Crippen LogP contribution >= 0.6 is 0 Å². The van der Waals surface area contributed by atoms with E-state index in [0.717, 1.165) is 6.07 Å². The van der Waals surface area contributed by atoms with Crippen LogP contribution in [0, 0.1) is 11.3 Å². The SMILES string of the molecule is CCOC(=O)c1cc(N)c(C#N)c(OC(F)(F)F)n1. The number of hydrogen-bond donors (Lipinski definition) is 1. The van der Waals surface area contributed by atoms with Crippen molar-refractivity contribution >= 4 is 11.7 Å². The van der Waals surface area contributed by atoms with E-state index >= 15 is 0 Å². The summed E-state index contributed by atoms with van der Waals surface area (Å²) in [5.74, 6) is -2.05. The summed E-state index contributed by atoms with van der Waals surface area (Å²) in [4.78, 5) is 14.6. The molecule has 1 rings (SSSR count). The van der Waals surface area contributed by atoms with E-state index in [1.165, 1.54) is 13.0 Å². The van der Waals surface area contributed by atoms with Gasteiger partial charge in [-0.3, -0.25) is 0 Å². The van der Waals surface area contributed by atoms with Crippen LogP contribution in [0.5, 0.6) is 5.88 Å². The van der Waals surface area contributed by atoms with Crippen molar-refractivity contribution in [3.63, 3.8) is 0 Å². The van der Waals surface area contributed by atoms with Gasteiger partial charge in [0.1, 0.15) is 11.6 Å². The van der Waals surface area contributed by atoms with Crippen molar-refractivity contribution in [1.82, 2.24) is 4.98 Å². The lowest BCUT2D eigenvalue weighted by atomic mass is 10.2. The highest BCUT2D eigenvalue weighted by Crippen LogP contribution is 2.28. The summed E-state index contributed by atoms with van der Waals surface area (Å²) in [5.41, 5.74) is 3.93. The Morgan fingerprint density at radius 1 is 1.58 bits per heavy atom. The maximum Gasteiger partial charge on any atom is 0.574 e. The van der Waals surface area contributed by atoms with E-state index in [1.54, 1.807) is 0 Å². The van der Waals surface area contributed by atoms with Crippen LogP contribution in [0.2, 0.25) is 0 Å². The number of nitriles is 1. The lowest BCUT2D eigenvalue weighted by Crippen LogP contribution is -2.20. The van der Waals surface area contributed by atoms with Crippen LogP contribution in [-0.4, -0.2) is 23.9 Å². The van der Waals surface area contributed by atoms with Crippen molar-refractivity contribution in [1.29, 1.82) is 5.26 Å². The molecule has 0 fully saturated rings. The number of ether oxygens (including phenoxy) is 2. The predicted octanol–water partition coefficient (Wildman–Crippen LogP) is 1.61. The van der Waals surface area contributed by atoms with E-state index in [2.05, 4.69) is 14.5 Å². The number of nitrogens with zero attached hydrogens (tertiary/aromatic N) is 2. The number of nitrogens with two attached hydrogens (primary N) is 1. The van der Waals surface area contributed by atoms with Crippen molar-refractivity contribution < 1.29 is 27.4 Å². The van der Waals surface area contributed by atoms with Gasteiger partial charge in [-0.1, -0.05) is 0 Å². The molecule has 9 heteroatoms. The highest BCUT2D eigenvalue weighted by molar-refractivity contribution is 5.89. The molecule has 0 spiro atoms. The molecule has 0 unspecified atom stereocenters. The first-order valence-electron chi connectivity index (χ1n) is 4.92. The largest absolute Gasteiger partial charge is 0.574 e. The molecule has 0 bridgehead atoms. The molecule has 0 amide bonds. The van der Waals surface area contributed by atoms with Gasteiger partial charge in [0.2, 0.25) is 5.88 Å². The second-order valence-electron chi connectivity index (χ2n) is 3.16. The molecule has 6 nitrogen and oxygen atoms in total. The van der Waals surface area contributed by atoms with Crippen LogP contribution < -0.4 is 10.5 Å². The highest BCUT2D eigenvalue weighted by atomic mass is 19.4. The van der Waals surface area contributed by atoms with E-state index in [1.807, 2.05) is 0 Å². The number of aromatic nitrogens is 1. The number of carbonyl (C=O) groups excluding carboxylic acids is 1. The molecule has 0 aromatic carbocycles. The third-order valence-corrected chi connectivity index (χ3v) is 1.83. The first kappa shape index (κ1) is 14.6. The van der Waals surface area contributed by atoms with E-state index in [-0.39, 0.29) is 12.3 Å². The van der Waals surface area contributed by atoms with Crippen LogP contribution in [0.4, 0.5) is 18.9 Å². The molecule has 1 aromatic heterocycles. The van der Waals surface area contributed by atoms with Crippen LogP contribution in [0.3, 0.4) is 0 Å². The minimum Gasteiger partial charge on any atom is -0.461 e. The number of esters is 1. The molecule has 102 valence electrons. The second-order valence-corrected chi connectivity index (χ2v) is 3.16. The molecular weight excluding hydrogens is 267 g/mol. The molecule has 0 aliphatic rings. The number of rotatable bonds is 3. The summed E-state index contributed by atoms with van der Waals surface area (Å²) in [6.07, 6.45) is -5.06. The summed E-state index contributed by atoms with van der Waals surface area (Å²) in [7, 11) is 0. The normalized spacial score (nSPS) is 10.7. The van der Waals surface area contributed by atoms with Crippen LogP contribution in [0.1, 0.15) is 23.0 Å². The zero-order valence-corrected chi connectivity index (χ0v) is 9.61. The van der Waals surface area contributed by atoms with Gasteiger partial charge in [0.15, 0.2) is 5.69 Å². The van der Waals surface area contributed by atoms with Crippen molar-refractivity contribution in [3.8, 4) is 11.9 Å². The highest BCUT2D eigenvalue weighted by Gasteiger charge is 2.34. The van der Waals surface area contributed by atoms with Gasteiger partial charge in [0, 0.05) is 0 Å². The Balaban J connectivity index is 3.27. The third kappa shape index (κ3) is 3.74. The van der Waals surface area contributed by atoms with Gasteiger partial charge < -0.3 is 15.2 Å². The smallest absolute Gasteiger partial charge is 0.461 e. The van der Waals surface area contributed by atoms with Crippen LogP contribution in [0.15, 0.2) is 6.07 Å². The monoisotopic (exact) mass is 275 g/mol. The summed E-state index contributed by atoms with van der Waals surface area (Å²) in [6.45, 7) is 1.52. The molecule has 0 saturated heterocycles. The standard InChI is InChI=1S/C10H8F3N3O3/c1-2-18-9(17)7-3-6(15)5(4-14)8(16-7)19-10(11,12)13/h3H,2H2,1H3,(H2,15,16). The fraction of sp³-hybridized carbons (Fsp3) is 0.300. The molecule has 2 N–H and O–H groups in total. The minimum absolute atomic E-state index is 0.00980. The molecule has 1 heterocycles. The first-order valence-corrected chi connectivity index (χ1v) is 4.92. The van der Waals surface area contributed by atoms with Crippen molar-refractivity contribution in [2.45, 2.75) is 13.3 Å². The third-order valence-electron chi connectivity index (χ3n) is 1.83. The van der Waals surface area contributed by atoms with Gasteiger partial charge in [0.05, 0.1) is 12.3 Å². The fourth-order valence-electron chi connectivity index (χ4n) is 1.15. The van der Waals surface area contributed by atoms with Gasteiger partial charge in [-0.05, 0) is 13.0 Å². The number of alkyl halides is 3. The molecule has 0 aliphatic carbocycles. The first-order chi connectivity index (χ1) is 8.78. The van der Waals surface area contributed by atoms with Crippen molar-refractivity contribution in [2.75, 3.05) is 12.3 Å². The zero-order chi connectivity index (χ0) is 14.6. The maximum atomic E-state index is 12.1. The Hall–Kier alpha value is -2.50. The minimum atomic E-state index is -5.06. The topological polar surface area (TPSA) is 98.2 Å². The number of carbonyl (C=O) groups is 1. The average molecular weight is 275 g/mol. The second kappa shape index (κ2) is 5.43. The van der Waals surface area contributed by atoms with Crippen molar-refractivity contribution in [3.05, 3.63) is 17.3 Å². The van der Waals surface area contributed by atoms with Gasteiger partial charge in [-0.25, -0.2) is 9.78 Å². The quantitative estimate of drug-likeness (QED) is 0.841. The number of anilines is 1. The Labute approximate surface area is 105 Å². The number of hydrogen-bond acceptors (Lipinski definition) is 6. The Kier molecular flexibility index (Phi) is 4.16. The van der Waals surface area contributed by atoms with Crippen LogP contribution in [-0.2, 0) is 4.74 Å². The van der Waals surface area contributed by atoms with Gasteiger partial charge in [0.25, 0.3) is 0 Å². The molecule has 19 heavy (non-hydrogen) atoms. The molecule has 0 atom stereocenters. The molecular formula is C10H8F3N3O3. The number of halogens is 3. The lowest BCUT2D eigenvalue weighted by molar-refractivity contribution is -0.276. The summed E-state index contributed by atoms with van der Waals surface area (Å²) in [5, 5.41) is 8.70. The Morgan fingerprint density at radius 2 is 2.21 bits per heavy atom. The molecule has 1 aromatic rings. The predicted molar refractivity (Wildman–Crippen MR) is 56.0 cm³/mol. The molecule has 0 aliphatic heterocycles. The average Bonchev–Trinajstić information content (AvgIpc) is 2.26. The fourth-order valence-corrected chi connectivity index (χ4v) is 1.15. The van der Waals surface area contributed by atoms with Crippen molar-refractivity contribution in [2.24, 2.45) is 0 Å². The summed E-state index contributed by atoms with van der Waals surface area (Å²) in [6, 6.07) is 2.36. The van der Waals surface area contributed by atoms with Gasteiger partial charge in [-0.15, -0.1) is 13.2 Å². The van der Waals surface area contributed by atoms with E-state index in [9.17, 15) is 18.0 Å². The summed E-state index contributed by atoms with van der Waals surface area (Å²) >= 11 is 0. The molecule has 0 radical (unpaired) electrons. The van der Waals surface area contributed by atoms with E-state index in [0.29, 0.717) is 0 Å². The van der Waals surface area contributed by atoms with E-state index in [4.69, 9.17) is 11.0 Å². The Morgan fingerprint density at radius 3 is 2.68 bits per heavy atom. The Bertz CT molecular complexity index is 537. The zero-order valence-electron chi connectivity index (χ0n) is 9.61. The maximum absolute atomic E-state index is 12.1. The van der Waals surface area contributed by atoms with Gasteiger partial charge in [-0.2, -0.15) is 5.26 Å². The van der Waals surface area contributed by atoms with Gasteiger partial charge >= 0.3 is 12.3 Å².